The number of aliphatic hydroxyl groups is 1. The Balaban J connectivity index is 2.56. The predicted molar refractivity (Wildman–Crippen MR) is 36.2 cm³/mol. The van der Waals surface area contributed by atoms with Gasteiger partial charge in [-0.25, -0.2) is 0 Å². The molecule has 4 heteroatoms. The van der Waals surface area contributed by atoms with Crippen LogP contribution in [0.25, 0.3) is 0 Å². The lowest BCUT2D eigenvalue weighted by atomic mass is 9.94. The van der Waals surface area contributed by atoms with Gasteiger partial charge in [0.1, 0.15) is 0 Å². The number of amides is 1. The van der Waals surface area contributed by atoms with Crippen molar-refractivity contribution in [2.24, 2.45) is 5.73 Å². The number of carbonyl (C=O) groups is 1. The molecule has 0 aliphatic carbocycles. The molecule has 1 rings (SSSR count). The van der Waals surface area contributed by atoms with Gasteiger partial charge in [0, 0.05) is 6.54 Å². The molecule has 1 saturated heterocycles. The molecule has 1 atom stereocenters. The Morgan fingerprint density at radius 2 is 2.40 bits per heavy atom. The molecule has 10 heavy (non-hydrogen) atoms. The van der Waals surface area contributed by atoms with Crippen molar-refractivity contribution < 1.29 is 9.90 Å². The number of piperidine rings is 1. The molecule has 0 unspecified atom stereocenters. The first kappa shape index (κ1) is 7.50. The first-order valence-electron chi connectivity index (χ1n) is 3.38. The number of hydrogen-bond acceptors (Lipinski definition) is 3. The minimum atomic E-state index is -1.29. The molecule has 0 aromatic heterocycles. The van der Waals surface area contributed by atoms with Crippen molar-refractivity contribution in [2.75, 3.05) is 13.1 Å². The summed E-state index contributed by atoms with van der Waals surface area (Å²) in [6.45, 7) is 1.15. The van der Waals surface area contributed by atoms with Gasteiger partial charge in [-0.05, 0) is 19.4 Å². The second-order valence-corrected chi connectivity index (χ2v) is 2.68. The largest absolute Gasteiger partial charge is 0.379 e. The molecule has 58 valence electrons. The predicted octanol–water partition coefficient (Wildman–Crippen LogP) is -1.41. The lowest BCUT2D eigenvalue weighted by Crippen LogP contribution is -2.54. The zero-order valence-electron chi connectivity index (χ0n) is 5.76. The van der Waals surface area contributed by atoms with E-state index in [0.29, 0.717) is 13.0 Å². The molecule has 0 saturated carbocycles. The van der Waals surface area contributed by atoms with E-state index in [9.17, 15) is 9.90 Å². The van der Waals surface area contributed by atoms with Gasteiger partial charge >= 0.3 is 0 Å². The summed E-state index contributed by atoms with van der Waals surface area (Å²) in [4.78, 5) is 10.6. The van der Waals surface area contributed by atoms with Gasteiger partial charge in [-0.2, -0.15) is 0 Å². The fourth-order valence-corrected chi connectivity index (χ4v) is 1.10. The molecule has 1 heterocycles. The number of rotatable bonds is 1. The Morgan fingerprint density at radius 1 is 1.70 bits per heavy atom. The fraction of sp³-hybridized carbons (Fsp3) is 0.833. The van der Waals surface area contributed by atoms with Crippen LogP contribution in [0.15, 0.2) is 0 Å². The van der Waals surface area contributed by atoms with Crippen LogP contribution in [0.5, 0.6) is 0 Å². The highest BCUT2D eigenvalue weighted by Gasteiger charge is 2.34. The number of nitrogens with one attached hydrogen (secondary N) is 1. The zero-order valence-corrected chi connectivity index (χ0v) is 5.76. The lowest BCUT2D eigenvalue weighted by Gasteiger charge is -2.29. The van der Waals surface area contributed by atoms with Crippen LogP contribution in [0.3, 0.4) is 0 Å². The van der Waals surface area contributed by atoms with Crippen molar-refractivity contribution in [1.29, 1.82) is 0 Å². The van der Waals surface area contributed by atoms with Gasteiger partial charge < -0.3 is 16.2 Å². The smallest absolute Gasteiger partial charge is 0.250 e. The summed E-state index contributed by atoms with van der Waals surface area (Å²) in [6.07, 6.45) is 1.29. The van der Waals surface area contributed by atoms with Crippen LogP contribution in [0.2, 0.25) is 0 Å². The second-order valence-electron chi connectivity index (χ2n) is 2.68. The maximum absolute atomic E-state index is 10.6. The average Bonchev–Trinajstić information content (AvgIpc) is 1.89. The van der Waals surface area contributed by atoms with E-state index in [0.717, 1.165) is 13.0 Å². The number of primary amides is 1. The summed E-state index contributed by atoms with van der Waals surface area (Å²) in [7, 11) is 0. The lowest BCUT2D eigenvalue weighted by molar-refractivity contribution is -0.137. The second kappa shape index (κ2) is 2.56. The molecule has 4 nitrogen and oxygen atoms in total. The van der Waals surface area contributed by atoms with E-state index in [1.165, 1.54) is 0 Å². The molecular formula is C6H12N2O2. The normalized spacial score (nSPS) is 33.7. The topological polar surface area (TPSA) is 75.4 Å². The van der Waals surface area contributed by atoms with Crippen molar-refractivity contribution in [1.82, 2.24) is 5.32 Å². The Kier molecular flexibility index (Phi) is 1.92. The van der Waals surface area contributed by atoms with E-state index in [4.69, 9.17) is 5.73 Å². The third-order valence-electron chi connectivity index (χ3n) is 1.82. The summed E-state index contributed by atoms with van der Waals surface area (Å²) >= 11 is 0. The van der Waals surface area contributed by atoms with Crippen LogP contribution in [-0.2, 0) is 4.79 Å². The minimum Gasteiger partial charge on any atom is -0.379 e. The minimum absolute atomic E-state index is 0.294. The molecule has 1 aliphatic heterocycles. The number of β-amino-alcohol motifs (C(OH)–C–C–N with tert-alkyl or cyclic N) is 1. The first-order valence-corrected chi connectivity index (χ1v) is 3.38. The van der Waals surface area contributed by atoms with Gasteiger partial charge in [-0.15, -0.1) is 0 Å². The first-order chi connectivity index (χ1) is 4.65. The monoisotopic (exact) mass is 144 g/mol. The SMILES string of the molecule is NC(=O)[C@@]1(O)CCCNC1. The van der Waals surface area contributed by atoms with Gasteiger partial charge in [0.15, 0.2) is 5.60 Å². The summed E-state index contributed by atoms with van der Waals surface area (Å²) in [5.74, 6) is -0.625. The van der Waals surface area contributed by atoms with E-state index in [1.807, 2.05) is 0 Å². The summed E-state index contributed by atoms with van der Waals surface area (Å²) in [5.41, 5.74) is 3.68. The molecule has 1 fully saturated rings. The molecule has 0 radical (unpaired) electrons. The van der Waals surface area contributed by atoms with Crippen molar-refractivity contribution in [3.63, 3.8) is 0 Å². The molecule has 0 aromatic carbocycles. The molecule has 1 aliphatic rings. The van der Waals surface area contributed by atoms with Crippen molar-refractivity contribution in [2.45, 2.75) is 18.4 Å². The van der Waals surface area contributed by atoms with Crippen LogP contribution < -0.4 is 11.1 Å². The van der Waals surface area contributed by atoms with Gasteiger partial charge in [0.25, 0.3) is 5.91 Å². The van der Waals surface area contributed by atoms with Crippen LogP contribution in [0.1, 0.15) is 12.8 Å². The molecule has 4 N–H and O–H groups in total. The molecule has 0 aromatic rings. The van der Waals surface area contributed by atoms with E-state index in [-0.39, 0.29) is 0 Å². The van der Waals surface area contributed by atoms with Gasteiger partial charge in [-0.1, -0.05) is 0 Å². The fourth-order valence-electron chi connectivity index (χ4n) is 1.10. The van der Waals surface area contributed by atoms with Crippen LogP contribution in [-0.4, -0.2) is 29.7 Å². The summed E-state index contributed by atoms with van der Waals surface area (Å²) in [6, 6.07) is 0. The van der Waals surface area contributed by atoms with Gasteiger partial charge in [-0.3, -0.25) is 4.79 Å². The molecule has 1 amide bonds. The quantitative estimate of drug-likeness (QED) is 0.423. The third kappa shape index (κ3) is 1.27. The third-order valence-corrected chi connectivity index (χ3v) is 1.82. The number of hydrogen-bond donors (Lipinski definition) is 3. The highest BCUT2D eigenvalue weighted by molar-refractivity contribution is 5.83. The van der Waals surface area contributed by atoms with E-state index in [2.05, 4.69) is 5.32 Å². The Labute approximate surface area is 59.4 Å². The van der Waals surface area contributed by atoms with Gasteiger partial charge in [0.2, 0.25) is 0 Å². The zero-order chi connectivity index (χ0) is 7.61. The Morgan fingerprint density at radius 3 is 2.70 bits per heavy atom. The van der Waals surface area contributed by atoms with Gasteiger partial charge in [0.05, 0.1) is 0 Å². The number of carbonyl (C=O) groups excluding carboxylic acids is 1. The maximum Gasteiger partial charge on any atom is 0.250 e. The average molecular weight is 144 g/mol. The van der Waals surface area contributed by atoms with Crippen LogP contribution in [0.4, 0.5) is 0 Å². The van der Waals surface area contributed by atoms with Crippen molar-refractivity contribution in [3.05, 3.63) is 0 Å². The summed E-state index contributed by atoms with van der Waals surface area (Å²) < 4.78 is 0. The van der Waals surface area contributed by atoms with Crippen LogP contribution in [0, 0.1) is 0 Å². The Bertz CT molecular complexity index is 141. The maximum atomic E-state index is 10.6. The molecule has 0 spiro atoms. The number of nitrogens with two attached hydrogens (primary N) is 1. The molecule has 0 bridgehead atoms. The Hall–Kier alpha value is -0.610. The standard InChI is InChI=1S/C6H12N2O2/c7-5(9)6(10)2-1-3-8-4-6/h8,10H,1-4H2,(H2,7,9)/t6-/m1/s1. The van der Waals surface area contributed by atoms with Crippen molar-refractivity contribution >= 4 is 5.91 Å². The highest BCUT2D eigenvalue weighted by Crippen LogP contribution is 2.14. The van der Waals surface area contributed by atoms with Crippen molar-refractivity contribution in [3.8, 4) is 0 Å². The van der Waals surface area contributed by atoms with E-state index >= 15 is 0 Å². The van der Waals surface area contributed by atoms with Crippen LogP contribution >= 0.6 is 0 Å². The summed E-state index contributed by atoms with van der Waals surface area (Å²) in [5, 5.41) is 12.3. The van der Waals surface area contributed by atoms with E-state index in [1.54, 1.807) is 0 Å². The molecular weight excluding hydrogens is 132 g/mol. The highest BCUT2D eigenvalue weighted by atomic mass is 16.3. The van der Waals surface area contributed by atoms with E-state index < -0.39 is 11.5 Å².